The van der Waals surface area contributed by atoms with Crippen LogP contribution in [0, 0.1) is 12.3 Å². The van der Waals surface area contributed by atoms with Gasteiger partial charge in [0.2, 0.25) is 0 Å². The van der Waals surface area contributed by atoms with E-state index >= 15 is 0 Å². The highest BCUT2D eigenvalue weighted by molar-refractivity contribution is 5.91. The number of rotatable bonds is 3. The third-order valence-corrected chi connectivity index (χ3v) is 6.27. The Balaban J connectivity index is 1.78. The van der Waals surface area contributed by atoms with Gasteiger partial charge in [-0.05, 0) is 36.8 Å². The number of ether oxygens (including phenoxy) is 1. The lowest BCUT2D eigenvalue weighted by molar-refractivity contribution is -0.0686. The molecule has 0 spiro atoms. The first-order chi connectivity index (χ1) is 12.2. The Morgan fingerprint density at radius 1 is 1.38 bits per heavy atom. The van der Waals surface area contributed by atoms with E-state index in [1.807, 2.05) is 6.92 Å². The lowest BCUT2D eigenvalue weighted by Gasteiger charge is -2.38. The summed E-state index contributed by atoms with van der Waals surface area (Å²) >= 11 is 0. The van der Waals surface area contributed by atoms with Crippen LogP contribution in [-0.2, 0) is 17.4 Å². The second-order valence-corrected chi connectivity index (χ2v) is 8.02. The van der Waals surface area contributed by atoms with Crippen molar-refractivity contribution in [3.05, 3.63) is 52.3 Å². The Hall–Kier alpha value is -2.24. The standard InChI is InChI=1S/C20H22F2N2O2/c1-11-5-6-12-14-7-8-20(15(12)9-11,19(14,2)3)26-18(25)13-10-24(4)23-16(13)17(21)22/h5-6,9-10,14,17H,7-8H2,1-4H3. The molecular formula is C20H22F2N2O2. The van der Waals surface area contributed by atoms with Crippen molar-refractivity contribution < 1.29 is 18.3 Å². The van der Waals surface area contributed by atoms with Crippen molar-refractivity contribution >= 4 is 5.97 Å². The summed E-state index contributed by atoms with van der Waals surface area (Å²) in [7, 11) is 1.52. The lowest BCUT2D eigenvalue weighted by atomic mass is 9.76. The molecule has 0 saturated heterocycles. The van der Waals surface area contributed by atoms with Crippen molar-refractivity contribution in [1.82, 2.24) is 9.78 Å². The molecule has 2 atom stereocenters. The van der Waals surface area contributed by atoms with E-state index in [2.05, 4.69) is 37.1 Å². The van der Waals surface area contributed by atoms with Gasteiger partial charge in [-0.15, -0.1) is 0 Å². The van der Waals surface area contributed by atoms with Crippen molar-refractivity contribution in [2.75, 3.05) is 0 Å². The fourth-order valence-electron chi connectivity index (χ4n) is 4.94. The predicted molar refractivity (Wildman–Crippen MR) is 92.2 cm³/mol. The molecule has 1 aromatic carbocycles. The van der Waals surface area contributed by atoms with Crippen LogP contribution in [0.2, 0.25) is 0 Å². The highest BCUT2D eigenvalue weighted by atomic mass is 19.3. The van der Waals surface area contributed by atoms with Crippen LogP contribution in [0.5, 0.6) is 0 Å². The fourth-order valence-corrected chi connectivity index (χ4v) is 4.94. The quantitative estimate of drug-likeness (QED) is 0.749. The summed E-state index contributed by atoms with van der Waals surface area (Å²) in [6.45, 7) is 6.21. The first-order valence-corrected chi connectivity index (χ1v) is 8.83. The van der Waals surface area contributed by atoms with Crippen molar-refractivity contribution in [3.63, 3.8) is 0 Å². The van der Waals surface area contributed by atoms with E-state index in [0.29, 0.717) is 12.3 Å². The molecule has 1 fully saturated rings. The number of alkyl halides is 2. The van der Waals surface area contributed by atoms with Crippen LogP contribution in [0.1, 0.15) is 71.8 Å². The second-order valence-electron chi connectivity index (χ2n) is 8.02. The van der Waals surface area contributed by atoms with E-state index in [-0.39, 0.29) is 11.0 Å². The van der Waals surface area contributed by atoms with Crippen LogP contribution in [0.25, 0.3) is 0 Å². The number of carbonyl (C=O) groups is 1. The van der Waals surface area contributed by atoms with Crippen molar-refractivity contribution in [3.8, 4) is 0 Å². The van der Waals surface area contributed by atoms with E-state index in [9.17, 15) is 13.6 Å². The summed E-state index contributed by atoms with van der Waals surface area (Å²) in [6.07, 6.45) is 0.118. The van der Waals surface area contributed by atoms with Crippen LogP contribution in [0.3, 0.4) is 0 Å². The van der Waals surface area contributed by atoms with E-state index in [1.54, 1.807) is 0 Å². The average Bonchev–Trinajstić information content (AvgIpc) is 3.12. The zero-order chi connectivity index (χ0) is 18.9. The minimum atomic E-state index is -2.82. The van der Waals surface area contributed by atoms with Crippen LogP contribution in [-0.4, -0.2) is 15.7 Å². The molecule has 2 aliphatic carbocycles. The van der Waals surface area contributed by atoms with E-state index < -0.39 is 23.7 Å². The predicted octanol–water partition coefficient (Wildman–Crippen LogP) is 4.64. The van der Waals surface area contributed by atoms with Crippen LogP contribution >= 0.6 is 0 Å². The molecule has 2 unspecified atom stereocenters. The summed E-state index contributed by atoms with van der Waals surface area (Å²) in [4.78, 5) is 12.9. The lowest BCUT2D eigenvalue weighted by Crippen LogP contribution is -2.39. The van der Waals surface area contributed by atoms with Gasteiger partial charge < -0.3 is 4.74 Å². The third kappa shape index (κ3) is 2.10. The molecule has 0 amide bonds. The number of benzene rings is 1. The zero-order valence-corrected chi connectivity index (χ0v) is 15.3. The van der Waals surface area contributed by atoms with Crippen molar-refractivity contribution in [2.24, 2.45) is 12.5 Å². The number of carbonyl (C=O) groups excluding carboxylic acids is 1. The van der Waals surface area contributed by atoms with E-state index in [0.717, 1.165) is 17.5 Å². The zero-order valence-electron chi connectivity index (χ0n) is 15.3. The van der Waals surface area contributed by atoms with Gasteiger partial charge in [0.05, 0.1) is 0 Å². The van der Waals surface area contributed by atoms with Gasteiger partial charge in [0.25, 0.3) is 6.43 Å². The number of nitrogens with zero attached hydrogens (tertiary/aromatic N) is 2. The fraction of sp³-hybridized carbons (Fsp3) is 0.500. The number of aromatic nitrogens is 2. The number of fused-ring (bicyclic) bond motifs is 5. The third-order valence-electron chi connectivity index (χ3n) is 6.27. The normalized spacial score (nSPS) is 25.6. The number of aryl methyl sites for hydroxylation is 2. The number of hydrogen-bond acceptors (Lipinski definition) is 3. The summed E-state index contributed by atoms with van der Waals surface area (Å²) in [5.74, 6) is -0.425. The summed E-state index contributed by atoms with van der Waals surface area (Å²) in [5.41, 5.74) is 1.57. The molecule has 0 radical (unpaired) electrons. The Morgan fingerprint density at radius 3 is 2.81 bits per heavy atom. The minimum Gasteiger partial charge on any atom is -0.450 e. The van der Waals surface area contributed by atoms with Gasteiger partial charge in [0, 0.05) is 18.7 Å². The molecule has 4 rings (SSSR count). The molecular weight excluding hydrogens is 338 g/mol. The van der Waals surface area contributed by atoms with Crippen molar-refractivity contribution in [1.29, 1.82) is 0 Å². The number of esters is 1. The molecule has 2 bridgehead atoms. The number of halogens is 2. The Morgan fingerprint density at radius 2 is 2.12 bits per heavy atom. The van der Waals surface area contributed by atoms with Crippen LogP contribution < -0.4 is 0 Å². The van der Waals surface area contributed by atoms with Gasteiger partial charge in [0.15, 0.2) is 0 Å². The Bertz CT molecular complexity index is 903. The first-order valence-electron chi connectivity index (χ1n) is 8.83. The monoisotopic (exact) mass is 360 g/mol. The Kier molecular flexibility index (Phi) is 3.56. The summed E-state index contributed by atoms with van der Waals surface area (Å²) in [6, 6.07) is 6.25. The van der Waals surface area contributed by atoms with Gasteiger partial charge >= 0.3 is 5.97 Å². The van der Waals surface area contributed by atoms with Gasteiger partial charge in [-0.25, -0.2) is 13.6 Å². The van der Waals surface area contributed by atoms with Crippen molar-refractivity contribution in [2.45, 2.75) is 51.6 Å². The van der Waals surface area contributed by atoms with Gasteiger partial charge in [-0.3, -0.25) is 4.68 Å². The minimum absolute atomic E-state index is 0.155. The summed E-state index contributed by atoms with van der Waals surface area (Å²) < 4.78 is 33.8. The summed E-state index contributed by atoms with van der Waals surface area (Å²) in [5, 5.41) is 3.73. The van der Waals surface area contributed by atoms with E-state index in [1.165, 1.54) is 23.5 Å². The average molecular weight is 360 g/mol. The maximum absolute atomic E-state index is 13.3. The Labute approximate surface area is 151 Å². The molecule has 1 heterocycles. The highest BCUT2D eigenvalue weighted by Gasteiger charge is 2.64. The molecule has 26 heavy (non-hydrogen) atoms. The molecule has 1 aromatic heterocycles. The molecule has 6 heteroatoms. The molecule has 0 aliphatic heterocycles. The maximum atomic E-state index is 13.3. The van der Waals surface area contributed by atoms with E-state index in [4.69, 9.17) is 4.74 Å². The smallest absolute Gasteiger partial charge is 0.342 e. The maximum Gasteiger partial charge on any atom is 0.342 e. The van der Waals surface area contributed by atoms with Gasteiger partial charge in [-0.2, -0.15) is 5.10 Å². The molecule has 2 aliphatic rings. The number of hydrogen-bond donors (Lipinski definition) is 0. The molecule has 2 aromatic rings. The molecule has 138 valence electrons. The van der Waals surface area contributed by atoms with Crippen LogP contribution in [0.15, 0.2) is 24.4 Å². The first kappa shape index (κ1) is 17.2. The van der Waals surface area contributed by atoms with Gasteiger partial charge in [-0.1, -0.05) is 37.6 Å². The topological polar surface area (TPSA) is 44.1 Å². The van der Waals surface area contributed by atoms with Gasteiger partial charge in [0.1, 0.15) is 16.9 Å². The highest BCUT2D eigenvalue weighted by Crippen LogP contribution is 2.68. The largest absolute Gasteiger partial charge is 0.450 e. The molecule has 1 saturated carbocycles. The molecule has 0 N–H and O–H groups in total. The second kappa shape index (κ2) is 5.38. The molecule has 4 nitrogen and oxygen atoms in total. The van der Waals surface area contributed by atoms with Crippen LogP contribution in [0.4, 0.5) is 8.78 Å². The SMILES string of the molecule is Cc1ccc2c(c1)C1(OC(=O)c3cn(C)nc3C(F)F)CCC2C1(C)C.